The Hall–Kier alpha value is -3.22. The molecule has 146 valence electrons. The van der Waals surface area contributed by atoms with E-state index >= 15 is 0 Å². The number of ether oxygens (including phenoxy) is 3. The van der Waals surface area contributed by atoms with E-state index in [1.165, 1.54) is 7.11 Å². The van der Waals surface area contributed by atoms with Crippen molar-refractivity contribution < 1.29 is 19.1 Å². The van der Waals surface area contributed by atoms with E-state index < -0.39 is 4.92 Å². The van der Waals surface area contributed by atoms with Gasteiger partial charge in [-0.05, 0) is 36.1 Å². The van der Waals surface area contributed by atoms with Crippen LogP contribution in [0.3, 0.4) is 0 Å². The van der Waals surface area contributed by atoms with Crippen LogP contribution in [0.1, 0.15) is 29.5 Å². The first kappa shape index (κ1) is 18.2. The summed E-state index contributed by atoms with van der Waals surface area (Å²) in [5, 5.41) is 15.1. The number of anilines is 1. The molecular weight excluding hydrogens is 360 g/mol. The first-order chi connectivity index (χ1) is 13.6. The van der Waals surface area contributed by atoms with Crippen LogP contribution in [0, 0.1) is 16.0 Å². The fourth-order valence-electron chi connectivity index (χ4n) is 4.37. The standard InChI is InChI=1S/C21H22N2O5/c1-26-16-8-7-12(11-15(16)23(24)25)20-14-6-4-5-13(14)19-17(27-2)9-10-18(28-3)21(19)22-20/h4-5,7-11,13-14,20,22H,6H2,1-3H3/t13-,14+,20+/m1/s1. The molecule has 1 aliphatic carbocycles. The van der Waals surface area contributed by atoms with Crippen LogP contribution in [-0.2, 0) is 0 Å². The molecule has 0 bridgehead atoms. The molecule has 2 aromatic rings. The number of nitro benzene ring substituents is 1. The molecule has 4 rings (SSSR count). The molecule has 0 amide bonds. The number of rotatable bonds is 5. The van der Waals surface area contributed by atoms with Crippen molar-refractivity contribution >= 4 is 11.4 Å². The largest absolute Gasteiger partial charge is 0.496 e. The molecule has 2 aromatic carbocycles. The molecule has 7 heteroatoms. The van der Waals surface area contributed by atoms with Gasteiger partial charge in [-0.2, -0.15) is 0 Å². The lowest BCUT2D eigenvalue weighted by molar-refractivity contribution is -0.385. The maximum Gasteiger partial charge on any atom is 0.311 e. The number of fused-ring (bicyclic) bond motifs is 3. The van der Waals surface area contributed by atoms with E-state index in [0.29, 0.717) is 0 Å². The summed E-state index contributed by atoms with van der Waals surface area (Å²) in [5.41, 5.74) is 2.76. The molecule has 2 aliphatic rings. The monoisotopic (exact) mass is 382 g/mol. The van der Waals surface area contributed by atoms with Crippen molar-refractivity contribution in [1.29, 1.82) is 0 Å². The molecule has 1 N–H and O–H groups in total. The Bertz CT molecular complexity index is 956. The summed E-state index contributed by atoms with van der Waals surface area (Å²) in [7, 11) is 4.73. The van der Waals surface area contributed by atoms with Crippen LogP contribution in [0.4, 0.5) is 11.4 Å². The zero-order valence-corrected chi connectivity index (χ0v) is 16.0. The molecule has 1 aliphatic heterocycles. The van der Waals surface area contributed by atoms with Crippen molar-refractivity contribution in [3.8, 4) is 17.2 Å². The van der Waals surface area contributed by atoms with Crippen LogP contribution >= 0.6 is 0 Å². The van der Waals surface area contributed by atoms with E-state index in [-0.39, 0.29) is 29.3 Å². The molecule has 28 heavy (non-hydrogen) atoms. The molecule has 0 spiro atoms. The molecule has 3 atom stereocenters. The predicted octanol–water partition coefficient (Wildman–Crippen LogP) is 4.45. The van der Waals surface area contributed by atoms with Gasteiger partial charge in [0.15, 0.2) is 5.75 Å². The van der Waals surface area contributed by atoms with Crippen LogP contribution < -0.4 is 19.5 Å². The minimum absolute atomic E-state index is 0.0345. The molecule has 0 saturated carbocycles. The third kappa shape index (κ3) is 2.74. The number of benzene rings is 2. The molecule has 0 fully saturated rings. The number of nitrogens with one attached hydrogen (secondary N) is 1. The Balaban J connectivity index is 1.84. The third-order valence-corrected chi connectivity index (χ3v) is 5.64. The summed E-state index contributed by atoms with van der Waals surface area (Å²) >= 11 is 0. The quantitative estimate of drug-likeness (QED) is 0.467. The normalized spacial score (nSPS) is 22.0. The molecule has 0 saturated heterocycles. The zero-order chi connectivity index (χ0) is 19.8. The number of hydrogen-bond acceptors (Lipinski definition) is 6. The Kier molecular flexibility index (Phi) is 4.58. The first-order valence-electron chi connectivity index (χ1n) is 9.09. The van der Waals surface area contributed by atoms with E-state index in [9.17, 15) is 10.1 Å². The molecular formula is C21H22N2O5. The summed E-state index contributed by atoms with van der Waals surface area (Å²) in [5.74, 6) is 2.16. The van der Waals surface area contributed by atoms with Gasteiger partial charge in [0, 0.05) is 17.5 Å². The average Bonchev–Trinajstić information content (AvgIpc) is 3.21. The average molecular weight is 382 g/mol. The zero-order valence-electron chi connectivity index (χ0n) is 16.0. The maximum atomic E-state index is 11.5. The van der Waals surface area contributed by atoms with Crippen LogP contribution in [-0.4, -0.2) is 26.3 Å². The Morgan fingerprint density at radius 1 is 1.04 bits per heavy atom. The van der Waals surface area contributed by atoms with Gasteiger partial charge in [-0.1, -0.05) is 18.2 Å². The minimum atomic E-state index is -0.410. The topological polar surface area (TPSA) is 82.9 Å². The summed E-state index contributed by atoms with van der Waals surface area (Å²) in [6.45, 7) is 0. The fraction of sp³-hybridized carbons (Fsp3) is 0.333. The van der Waals surface area contributed by atoms with Crippen molar-refractivity contribution in [2.75, 3.05) is 26.6 Å². The second-order valence-corrected chi connectivity index (χ2v) is 6.92. The van der Waals surface area contributed by atoms with Crippen LogP contribution in [0.5, 0.6) is 17.2 Å². The third-order valence-electron chi connectivity index (χ3n) is 5.64. The highest BCUT2D eigenvalue weighted by molar-refractivity contribution is 5.72. The van der Waals surface area contributed by atoms with Gasteiger partial charge in [-0.15, -0.1) is 0 Å². The Morgan fingerprint density at radius 2 is 1.71 bits per heavy atom. The van der Waals surface area contributed by atoms with Gasteiger partial charge < -0.3 is 19.5 Å². The van der Waals surface area contributed by atoms with Crippen molar-refractivity contribution in [2.24, 2.45) is 5.92 Å². The highest BCUT2D eigenvalue weighted by Crippen LogP contribution is 2.55. The summed E-state index contributed by atoms with van der Waals surface area (Å²) in [6.07, 6.45) is 5.23. The highest BCUT2D eigenvalue weighted by atomic mass is 16.6. The van der Waals surface area contributed by atoms with Crippen molar-refractivity contribution in [2.45, 2.75) is 18.4 Å². The van der Waals surface area contributed by atoms with Gasteiger partial charge in [0.05, 0.1) is 38.0 Å². The lowest BCUT2D eigenvalue weighted by atomic mass is 9.76. The van der Waals surface area contributed by atoms with Crippen LogP contribution in [0.25, 0.3) is 0 Å². The molecule has 7 nitrogen and oxygen atoms in total. The summed E-state index contributed by atoms with van der Waals surface area (Å²) in [4.78, 5) is 11.1. The minimum Gasteiger partial charge on any atom is -0.496 e. The van der Waals surface area contributed by atoms with E-state index in [1.807, 2.05) is 18.2 Å². The Morgan fingerprint density at radius 3 is 2.39 bits per heavy atom. The van der Waals surface area contributed by atoms with E-state index in [1.54, 1.807) is 26.4 Å². The van der Waals surface area contributed by atoms with Crippen LogP contribution in [0.15, 0.2) is 42.5 Å². The lowest BCUT2D eigenvalue weighted by Crippen LogP contribution is -2.29. The van der Waals surface area contributed by atoms with E-state index in [2.05, 4.69) is 17.5 Å². The predicted molar refractivity (Wildman–Crippen MR) is 106 cm³/mol. The summed E-state index contributed by atoms with van der Waals surface area (Å²) in [6, 6.07) is 8.83. The number of allylic oxidation sites excluding steroid dienone is 2. The number of methoxy groups -OCH3 is 3. The number of nitro groups is 1. The lowest BCUT2D eigenvalue weighted by Gasteiger charge is -2.38. The smallest absolute Gasteiger partial charge is 0.311 e. The molecule has 0 radical (unpaired) electrons. The van der Waals surface area contributed by atoms with Gasteiger partial charge in [0.25, 0.3) is 0 Å². The van der Waals surface area contributed by atoms with Gasteiger partial charge in [0.1, 0.15) is 11.5 Å². The second kappa shape index (κ2) is 7.07. The number of nitrogens with zero attached hydrogens (tertiary/aromatic N) is 1. The molecule has 0 aromatic heterocycles. The van der Waals surface area contributed by atoms with Gasteiger partial charge in [-0.25, -0.2) is 0 Å². The first-order valence-corrected chi connectivity index (χ1v) is 9.09. The van der Waals surface area contributed by atoms with Crippen molar-refractivity contribution in [3.05, 3.63) is 63.7 Å². The van der Waals surface area contributed by atoms with Gasteiger partial charge in [-0.3, -0.25) is 10.1 Å². The van der Waals surface area contributed by atoms with Crippen molar-refractivity contribution in [1.82, 2.24) is 0 Å². The van der Waals surface area contributed by atoms with Gasteiger partial charge >= 0.3 is 5.69 Å². The number of hydrogen-bond donors (Lipinski definition) is 1. The van der Waals surface area contributed by atoms with Gasteiger partial charge in [0.2, 0.25) is 0 Å². The van der Waals surface area contributed by atoms with Crippen molar-refractivity contribution in [3.63, 3.8) is 0 Å². The Labute approximate surface area is 163 Å². The SMILES string of the molecule is COc1ccc([C@@H]2Nc3c(OC)ccc(OC)c3[C@@H]3C=CC[C@@H]32)cc1[N+](=O)[O-]. The molecule has 1 heterocycles. The second-order valence-electron chi connectivity index (χ2n) is 6.92. The molecule has 0 unspecified atom stereocenters. The fourth-order valence-corrected chi connectivity index (χ4v) is 4.37. The summed E-state index contributed by atoms with van der Waals surface area (Å²) < 4.78 is 16.3. The van der Waals surface area contributed by atoms with E-state index in [4.69, 9.17) is 14.2 Å². The van der Waals surface area contributed by atoms with E-state index in [0.717, 1.165) is 34.7 Å². The maximum absolute atomic E-state index is 11.5. The van der Waals surface area contributed by atoms with Crippen LogP contribution in [0.2, 0.25) is 0 Å². The highest BCUT2D eigenvalue weighted by Gasteiger charge is 2.41.